The highest BCUT2D eigenvalue weighted by Gasteiger charge is 2.12. The molecule has 1 aromatic carbocycles. The average Bonchev–Trinajstić information content (AvgIpc) is 2.94. The lowest BCUT2D eigenvalue weighted by atomic mass is 10.2. The number of aromatic carboxylic acids is 1. The fourth-order valence-corrected chi connectivity index (χ4v) is 2.58. The third-order valence-corrected chi connectivity index (χ3v) is 3.66. The van der Waals surface area contributed by atoms with Gasteiger partial charge in [-0.1, -0.05) is 35.1 Å². The van der Waals surface area contributed by atoms with E-state index in [4.69, 9.17) is 9.63 Å². The molecule has 1 N–H and O–H groups in total. The van der Waals surface area contributed by atoms with Crippen LogP contribution in [-0.2, 0) is 5.75 Å². The summed E-state index contributed by atoms with van der Waals surface area (Å²) in [7, 11) is 0. The van der Waals surface area contributed by atoms with Crippen molar-refractivity contribution >= 4 is 28.6 Å². The van der Waals surface area contributed by atoms with E-state index in [0.717, 1.165) is 15.9 Å². The number of carboxylic acids is 1. The smallest absolute Gasteiger partial charge is 0.358 e. The van der Waals surface area contributed by atoms with Crippen molar-refractivity contribution in [3.8, 4) is 0 Å². The summed E-state index contributed by atoms with van der Waals surface area (Å²) in [5, 5.41) is 14.0. The third kappa shape index (κ3) is 2.48. The van der Waals surface area contributed by atoms with Gasteiger partial charge in [-0.15, -0.1) is 0 Å². The van der Waals surface area contributed by atoms with E-state index in [1.807, 2.05) is 24.3 Å². The Kier molecular flexibility index (Phi) is 3.34. The van der Waals surface area contributed by atoms with Crippen LogP contribution in [0.5, 0.6) is 0 Å². The number of aromatic nitrogens is 3. The summed E-state index contributed by atoms with van der Waals surface area (Å²) in [4.78, 5) is 19.1. The highest BCUT2D eigenvalue weighted by atomic mass is 32.2. The van der Waals surface area contributed by atoms with E-state index in [-0.39, 0.29) is 5.69 Å². The molecule has 20 heavy (non-hydrogen) atoms. The first kappa shape index (κ1) is 12.6. The van der Waals surface area contributed by atoms with Crippen LogP contribution in [0.4, 0.5) is 0 Å². The quantitative estimate of drug-likeness (QED) is 0.582. The molecule has 2 heterocycles. The zero-order valence-corrected chi connectivity index (χ0v) is 11.0. The Labute approximate surface area is 117 Å². The van der Waals surface area contributed by atoms with Gasteiger partial charge in [-0.2, -0.15) is 0 Å². The molecule has 0 spiro atoms. The molecule has 0 atom stereocenters. The normalized spacial score (nSPS) is 10.8. The van der Waals surface area contributed by atoms with Crippen molar-refractivity contribution in [3.63, 3.8) is 0 Å². The third-order valence-electron chi connectivity index (χ3n) is 2.64. The Balaban J connectivity index is 1.81. The number of carboxylic acid groups (broad SMARTS) is 1. The van der Waals surface area contributed by atoms with Crippen LogP contribution in [0.15, 0.2) is 46.2 Å². The highest BCUT2D eigenvalue weighted by molar-refractivity contribution is 7.98. The van der Waals surface area contributed by atoms with Crippen LogP contribution < -0.4 is 0 Å². The number of hydrogen-bond donors (Lipinski definition) is 1. The standard InChI is InChI=1S/C13H9N3O3S/c17-13(18)11-5-8(19-16-11)6-20-12-9-3-1-2-4-10(9)14-7-15-12/h1-5,7H,6H2,(H,17,18). The molecule has 0 amide bonds. The van der Waals surface area contributed by atoms with Crippen molar-refractivity contribution in [2.24, 2.45) is 0 Å². The average molecular weight is 287 g/mol. The highest BCUT2D eigenvalue weighted by Crippen LogP contribution is 2.27. The molecule has 6 nitrogen and oxygen atoms in total. The Hall–Kier alpha value is -2.41. The molecular formula is C13H9N3O3S. The van der Waals surface area contributed by atoms with Gasteiger partial charge in [0.1, 0.15) is 17.1 Å². The Morgan fingerprint density at radius 1 is 1.30 bits per heavy atom. The summed E-state index contributed by atoms with van der Waals surface area (Å²) in [5.41, 5.74) is 0.780. The van der Waals surface area contributed by atoms with E-state index in [1.54, 1.807) is 0 Å². The molecule has 100 valence electrons. The van der Waals surface area contributed by atoms with E-state index in [2.05, 4.69) is 15.1 Å². The number of nitrogens with zero attached hydrogens (tertiary/aromatic N) is 3. The fourth-order valence-electron chi connectivity index (χ4n) is 1.72. The van der Waals surface area contributed by atoms with Crippen LogP contribution in [0.2, 0.25) is 0 Å². The van der Waals surface area contributed by atoms with Crippen LogP contribution >= 0.6 is 11.8 Å². The van der Waals surface area contributed by atoms with Gasteiger partial charge < -0.3 is 9.63 Å². The van der Waals surface area contributed by atoms with Gasteiger partial charge in [0.15, 0.2) is 5.69 Å². The predicted octanol–water partition coefficient (Wildman–Crippen LogP) is 2.61. The van der Waals surface area contributed by atoms with Crippen LogP contribution in [0.1, 0.15) is 16.2 Å². The van der Waals surface area contributed by atoms with Crippen LogP contribution in [0, 0.1) is 0 Å². The van der Waals surface area contributed by atoms with Crippen LogP contribution in [0.3, 0.4) is 0 Å². The number of rotatable bonds is 4. The number of benzene rings is 1. The molecule has 0 bridgehead atoms. The van der Waals surface area contributed by atoms with Crippen LogP contribution in [-0.4, -0.2) is 26.2 Å². The van der Waals surface area contributed by atoms with E-state index < -0.39 is 5.97 Å². The van der Waals surface area contributed by atoms with E-state index >= 15 is 0 Å². The van der Waals surface area contributed by atoms with Crippen molar-refractivity contribution < 1.29 is 14.4 Å². The molecule has 0 saturated heterocycles. The molecule has 0 unspecified atom stereocenters. The molecule has 0 aliphatic rings. The second-order valence-electron chi connectivity index (χ2n) is 3.97. The number of hydrogen-bond acceptors (Lipinski definition) is 6. The monoisotopic (exact) mass is 287 g/mol. The maximum Gasteiger partial charge on any atom is 0.358 e. The van der Waals surface area contributed by atoms with Gasteiger partial charge in [-0.05, 0) is 6.07 Å². The van der Waals surface area contributed by atoms with Gasteiger partial charge in [-0.3, -0.25) is 0 Å². The first-order valence-corrected chi connectivity index (χ1v) is 6.74. The molecule has 0 radical (unpaired) electrons. The topological polar surface area (TPSA) is 89.1 Å². The van der Waals surface area contributed by atoms with Crippen molar-refractivity contribution in [3.05, 3.63) is 48.1 Å². The summed E-state index contributed by atoms with van der Waals surface area (Å²) in [6, 6.07) is 9.11. The molecule has 0 fully saturated rings. The lowest BCUT2D eigenvalue weighted by Crippen LogP contribution is -1.94. The maximum absolute atomic E-state index is 10.7. The molecular weight excluding hydrogens is 278 g/mol. The van der Waals surface area contributed by atoms with E-state index in [9.17, 15) is 4.79 Å². The first-order chi connectivity index (χ1) is 9.74. The van der Waals surface area contributed by atoms with Crippen molar-refractivity contribution in [1.29, 1.82) is 0 Å². The second-order valence-corrected chi connectivity index (χ2v) is 4.93. The van der Waals surface area contributed by atoms with Gasteiger partial charge in [0.25, 0.3) is 0 Å². The van der Waals surface area contributed by atoms with E-state index in [1.165, 1.54) is 24.2 Å². The molecule has 0 saturated carbocycles. The number of fused-ring (bicyclic) bond motifs is 1. The minimum Gasteiger partial charge on any atom is -0.476 e. The predicted molar refractivity (Wildman–Crippen MR) is 72.6 cm³/mol. The van der Waals surface area contributed by atoms with Gasteiger partial charge in [-0.25, -0.2) is 14.8 Å². The zero-order chi connectivity index (χ0) is 13.9. The van der Waals surface area contributed by atoms with Crippen molar-refractivity contribution in [2.75, 3.05) is 0 Å². The van der Waals surface area contributed by atoms with Gasteiger partial charge in [0, 0.05) is 11.5 Å². The number of carbonyl (C=O) groups is 1. The van der Waals surface area contributed by atoms with Gasteiger partial charge in [0.2, 0.25) is 0 Å². The first-order valence-electron chi connectivity index (χ1n) is 5.75. The maximum atomic E-state index is 10.7. The Morgan fingerprint density at radius 3 is 2.95 bits per heavy atom. The summed E-state index contributed by atoms with van der Waals surface area (Å²) >= 11 is 1.45. The summed E-state index contributed by atoms with van der Waals surface area (Å²) in [6.45, 7) is 0. The van der Waals surface area contributed by atoms with Crippen molar-refractivity contribution in [1.82, 2.24) is 15.1 Å². The number of thioether (sulfide) groups is 1. The molecule has 0 aliphatic carbocycles. The molecule has 3 aromatic rings. The Morgan fingerprint density at radius 2 is 2.15 bits per heavy atom. The lowest BCUT2D eigenvalue weighted by Gasteiger charge is -2.02. The zero-order valence-electron chi connectivity index (χ0n) is 10.2. The van der Waals surface area contributed by atoms with Gasteiger partial charge >= 0.3 is 5.97 Å². The minimum absolute atomic E-state index is 0.0897. The molecule has 2 aromatic heterocycles. The molecule has 3 rings (SSSR count). The summed E-state index contributed by atoms with van der Waals surface area (Å²) in [5.74, 6) is -0.144. The molecule has 7 heteroatoms. The minimum atomic E-state index is -1.10. The molecule has 0 aliphatic heterocycles. The largest absolute Gasteiger partial charge is 0.476 e. The summed E-state index contributed by atoms with van der Waals surface area (Å²) < 4.78 is 4.96. The SMILES string of the molecule is O=C(O)c1cc(CSc2ncnc3ccccc23)on1. The van der Waals surface area contributed by atoms with Crippen LogP contribution in [0.25, 0.3) is 10.9 Å². The second kappa shape index (κ2) is 5.30. The van der Waals surface area contributed by atoms with E-state index in [0.29, 0.717) is 11.5 Å². The number of para-hydroxylation sites is 1. The van der Waals surface area contributed by atoms with Crippen molar-refractivity contribution in [2.45, 2.75) is 10.8 Å². The lowest BCUT2D eigenvalue weighted by molar-refractivity contribution is 0.0685. The Bertz CT molecular complexity index is 767. The fraction of sp³-hybridized carbons (Fsp3) is 0.0769. The summed E-state index contributed by atoms with van der Waals surface area (Å²) in [6.07, 6.45) is 1.51. The van der Waals surface area contributed by atoms with Gasteiger partial charge in [0.05, 0.1) is 11.3 Å².